The summed E-state index contributed by atoms with van der Waals surface area (Å²) in [4.78, 5) is 21.3. The molecule has 7 nitrogen and oxygen atoms in total. The molecule has 3 rings (SSSR count). The van der Waals surface area contributed by atoms with Crippen LogP contribution in [0, 0.1) is 16.0 Å². The van der Waals surface area contributed by atoms with Crippen molar-refractivity contribution in [3.8, 4) is 0 Å². The number of nitro groups is 1. The summed E-state index contributed by atoms with van der Waals surface area (Å²) in [5.74, 6) is 1.16. The summed E-state index contributed by atoms with van der Waals surface area (Å²) in [7, 11) is 0. The lowest BCUT2D eigenvalue weighted by molar-refractivity contribution is -0.384. The number of aliphatic hydroxyl groups is 1. The van der Waals surface area contributed by atoms with Crippen molar-refractivity contribution in [2.24, 2.45) is 5.92 Å². The van der Waals surface area contributed by atoms with Crippen molar-refractivity contribution < 1.29 is 10.0 Å². The Morgan fingerprint density at radius 1 is 1.33 bits per heavy atom. The fourth-order valence-corrected chi connectivity index (χ4v) is 2.60. The zero-order valence-electron chi connectivity index (χ0n) is 11.5. The number of nitrogens with zero attached hydrogens (tertiary/aromatic N) is 4. The summed E-state index contributed by atoms with van der Waals surface area (Å²) < 4.78 is 0. The summed E-state index contributed by atoms with van der Waals surface area (Å²) in [6.45, 7) is 1.93. The lowest BCUT2D eigenvalue weighted by Crippen LogP contribution is -2.35. The zero-order chi connectivity index (χ0) is 14.8. The third-order valence-electron chi connectivity index (χ3n) is 3.92. The minimum atomic E-state index is -0.436. The van der Waals surface area contributed by atoms with Crippen molar-refractivity contribution in [1.82, 2.24) is 9.97 Å². The molecule has 0 saturated carbocycles. The molecule has 1 aromatic carbocycles. The molecule has 0 radical (unpaired) electrons. The average molecular weight is 288 g/mol. The number of aliphatic hydroxyl groups excluding tert-OH is 1. The molecule has 0 amide bonds. The van der Waals surface area contributed by atoms with E-state index >= 15 is 0 Å². The van der Waals surface area contributed by atoms with Gasteiger partial charge < -0.3 is 10.0 Å². The summed E-state index contributed by atoms with van der Waals surface area (Å²) in [5.41, 5.74) is 1.20. The van der Waals surface area contributed by atoms with E-state index in [1.54, 1.807) is 12.3 Å². The number of hydrogen-bond acceptors (Lipinski definition) is 6. The fourth-order valence-electron chi connectivity index (χ4n) is 2.60. The Kier molecular flexibility index (Phi) is 3.66. The van der Waals surface area contributed by atoms with Crippen LogP contribution >= 0.6 is 0 Å². The molecule has 21 heavy (non-hydrogen) atoms. The molecule has 2 heterocycles. The van der Waals surface area contributed by atoms with Crippen LogP contribution in [0.25, 0.3) is 11.0 Å². The van der Waals surface area contributed by atoms with Gasteiger partial charge in [0.05, 0.1) is 22.2 Å². The topological polar surface area (TPSA) is 92.4 Å². The van der Waals surface area contributed by atoms with Gasteiger partial charge in [-0.2, -0.15) is 0 Å². The van der Waals surface area contributed by atoms with E-state index in [-0.39, 0.29) is 12.3 Å². The monoisotopic (exact) mass is 288 g/mol. The number of fused-ring (bicyclic) bond motifs is 1. The van der Waals surface area contributed by atoms with Gasteiger partial charge in [0.15, 0.2) is 0 Å². The smallest absolute Gasteiger partial charge is 0.271 e. The number of aromatic nitrogens is 2. The highest BCUT2D eigenvalue weighted by atomic mass is 16.6. The van der Waals surface area contributed by atoms with Gasteiger partial charge >= 0.3 is 0 Å². The second kappa shape index (κ2) is 5.61. The van der Waals surface area contributed by atoms with Gasteiger partial charge in [0.1, 0.15) is 5.82 Å². The molecule has 0 spiro atoms. The maximum Gasteiger partial charge on any atom is 0.271 e. The molecule has 0 aliphatic carbocycles. The Bertz CT molecular complexity index is 668. The maximum absolute atomic E-state index is 10.7. The molecule has 1 N–H and O–H groups in total. The van der Waals surface area contributed by atoms with Crippen molar-refractivity contribution >= 4 is 22.5 Å². The first-order valence-corrected chi connectivity index (χ1v) is 6.94. The van der Waals surface area contributed by atoms with Crippen molar-refractivity contribution in [2.45, 2.75) is 12.8 Å². The van der Waals surface area contributed by atoms with Crippen molar-refractivity contribution in [3.63, 3.8) is 0 Å². The quantitative estimate of drug-likeness (QED) is 0.683. The highest BCUT2D eigenvalue weighted by molar-refractivity contribution is 5.78. The lowest BCUT2D eigenvalue weighted by atomic mass is 9.98. The maximum atomic E-state index is 10.7. The van der Waals surface area contributed by atoms with Gasteiger partial charge in [0.2, 0.25) is 0 Å². The van der Waals surface area contributed by atoms with Gasteiger partial charge in [0, 0.05) is 31.8 Å². The second-order valence-electron chi connectivity index (χ2n) is 5.27. The zero-order valence-corrected chi connectivity index (χ0v) is 11.5. The van der Waals surface area contributed by atoms with Crippen LogP contribution in [0.3, 0.4) is 0 Å². The first-order chi connectivity index (χ1) is 10.2. The molecule has 7 heteroatoms. The highest BCUT2D eigenvalue weighted by Gasteiger charge is 2.20. The molecule has 0 atom stereocenters. The molecule has 1 aliphatic rings. The van der Waals surface area contributed by atoms with E-state index < -0.39 is 4.92 Å². The Balaban J connectivity index is 1.85. The molecule has 1 aromatic heterocycles. The molecular weight excluding hydrogens is 272 g/mol. The Hall–Kier alpha value is -2.28. The van der Waals surface area contributed by atoms with Gasteiger partial charge in [0.25, 0.3) is 5.69 Å². The van der Waals surface area contributed by atoms with Gasteiger partial charge in [-0.15, -0.1) is 0 Å². The van der Waals surface area contributed by atoms with Crippen LogP contribution in [-0.2, 0) is 0 Å². The molecule has 0 bridgehead atoms. The van der Waals surface area contributed by atoms with Crippen LogP contribution < -0.4 is 4.90 Å². The number of anilines is 1. The molecule has 110 valence electrons. The van der Waals surface area contributed by atoms with E-state index in [2.05, 4.69) is 14.9 Å². The Labute approximate surface area is 121 Å². The normalized spacial score (nSPS) is 16.3. The number of benzene rings is 1. The van der Waals surface area contributed by atoms with E-state index in [9.17, 15) is 10.1 Å². The van der Waals surface area contributed by atoms with E-state index in [1.807, 2.05) is 0 Å². The largest absolute Gasteiger partial charge is 0.396 e. The number of non-ortho nitro benzene ring substituents is 1. The first kappa shape index (κ1) is 13.7. The lowest BCUT2D eigenvalue weighted by Gasteiger charge is -2.31. The van der Waals surface area contributed by atoms with Gasteiger partial charge in [-0.3, -0.25) is 15.1 Å². The molecular formula is C14H16N4O3. The molecule has 1 fully saturated rings. The van der Waals surface area contributed by atoms with Crippen molar-refractivity contribution in [3.05, 3.63) is 34.5 Å². The second-order valence-corrected chi connectivity index (χ2v) is 5.27. The van der Waals surface area contributed by atoms with Gasteiger partial charge in [-0.1, -0.05) is 0 Å². The van der Waals surface area contributed by atoms with Crippen LogP contribution in [-0.4, -0.2) is 39.7 Å². The SMILES string of the molecule is O=[N+]([O-])c1ccc2nc(N3CCC(CO)CC3)cnc2c1. The molecule has 1 saturated heterocycles. The van der Waals surface area contributed by atoms with Crippen LogP contribution in [0.4, 0.5) is 11.5 Å². The van der Waals surface area contributed by atoms with Crippen LogP contribution in [0.5, 0.6) is 0 Å². The van der Waals surface area contributed by atoms with E-state index in [1.165, 1.54) is 12.1 Å². The summed E-state index contributed by atoms with van der Waals surface area (Å²) in [6, 6.07) is 4.51. The Morgan fingerprint density at radius 2 is 2.10 bits per heavy atom. The Morgan fingerprint density at radius 3 is 2.76 bits per heavy atom. The minimum Gasteiger partial charge on any atom is -0.396 e. The van der Waals surface area contributed by atoms with E-state index in [0.717, 1.165) is 31.7 Å². The minimum absolute atomic E-state index is 0.0216. The standard InChI is InChI=1S/C14H16N4O3/c19-9-10-3-5-17(6-4-10)14-8-15-13-7-11(18(20)21)1-2-12(13)16-14/h1-2,7-8,10,19H,3-6,9H2. The number of nitro benzene ring substituents is 1. The van der Waals surface area contributed by atoms with Crippen LogP contribution in [0.1, 0.15) is 12.8 Å². The fraction of sp³-hybridized carbons (Fsp3) is 0.429. The first-order valence-electron chi connectivity index (χ1n) is 6.94. The van der Waals surface area contributed by atoms with E-state index in [0.29, 0.717) is 17.0 Å². The van der Waals surface area contributed by atoms with Crippen LogP contribution in [0.15, 0.2) is 24.4 Å². The van der Waals surface area contributed by atoms with E-state index in [4.69, 9.17) is 5.11 Å². The molecule has 1 aliphatic heterocycles. The van der Waals surface area contributed by atoms with Gasteiger partial charge in [-0.05, 0) is 24.8 Å². The van der Waals surface area contributed by atoms with Crippen molar-refractivity contribution in [1.29, 1.82) is 0 Å². The summed E-state index contributed by atoms with van der Waals surface area (Å²) in [6.07, 6.45) is 3.54. The third-order valence-corrected chi connectivity index (χ3v) is 3.92. The summed E-state index contributed by atoms with van der Waals surface area (Å²) >= 11 is 0. The average Bonchev–Trinajstić information content (AvgIpc) is 2.54. The molecule has 0 unspecified atom stereocenters. The third kappa shape index (κ3) is 2.78. The van der Waals surface area contributed by atoms with Gasteiger partial charge in [-0.25, -0.2) is 4.98 Å². The highest BCUT2D eigenvalue weighted by Crippen LogP contribution is 2.24. The van der Waals surface area contributed by atoms with Crippen molar-refractivity contribution in [2.75, 3.05) is 24.6 Å². The summed E-state index contributed by atoms with van der Waals surface area (Å²) in [5, 5.41) is 19.9. The predicted molar refractivity (Wildman–Crippen MR) is 78.2 cm³/mol. The van der Waals surface area contributed by atoms with Crippen LogP contribution in [0.2, 0.25) is 0 Å². The molecule has 2 aromatic rings. The number of rotatable bonds is 3. The number of hydrogen-bond donors (Lipinski definition) is 1. The number of piperidine rings is 1. The predicted octanol–water partition coefficient (Wildman–Crippen LogP) is 1.75.